The van der Waals surface area contributed by atoms with Crippen molar-refractivity contribution in [3.8, 4) is 11.3 Å². The summed E-state index contributed by atoms with van der Waals surface area (Å²) >= 11 is 1.30. The zero-order chi connectivity index (χ0) is 17.6. The van der Waals surface area contributed by atoms with Crippen molar-refractivity contribution < 1.29 is 9.72 Å². The van der Waals surface area contributed by atoms with Gasteiger partial charge < -0.3 is 5.32 Å². The van der Waals surface area contributed by atoms with E-state index in [0.29, 0.717) is 16.5 Å². The number of nitro groups is 1. The normalized spacial score (nSPS) is 10.1. The van der Waals surface area contributed by atoms with Crippen LogP contribution in [-0.2, 0) is 0 Å². The first-order valence-electron chi connectivity index (χ1n) is 7.20. The summed E-state index contributed by atoms with van der Waals surface area (Å²) in [5.74, 6) is 0. The van der Waals surface area contributed by atoms with E-state index in [1.54, 1.807) is 29.6 Å². The van der Waals surface area contributed by atoms with Crippen LogP contribution in [0, 0.1) is 10.1 Å². The van der Waals surface area contributed by atoms with Gasteiger partial charge in [0.25, 0.3) is 5.69 Å². The second-order valence-corrected chi connectivity index (χ2v) is 5.77. The third-order valence-electron chi connectivity index (χ3n) is 3.19. The molecule has 0 bridgehead atoms. The molecule has 0 atom stereocenters. The number of rotatable bonds is 5. The number of anilines is 2. The zero-order valence-electron chi connectivity index (χ0n) is 12.8. The van der Waals surface area contributed by atoms with Gasteiger partial charge in [-0.2, -0.15) is 0 Å². The number of thiazole rings is 1. The molecule has 0 saturated heterocycles. The minimum atomic E-state index is -0.451. The Morgan fingerprint density at radius 2 is 1.80 bits per heavy atom. The number of nitrogens with zero attached hydrogens (tertiary/aromatic N) is 2. The molecule has 1 heterocycles. The molecule has 0 aliphatic carbocycles. The van der Waals surface area contributed by atoms with E-state index in [-0.39, 0.29) is 5.69 Å². The number of hydrogen-bond donors (Lipinski definition) is 3. The molecule has 0 radical (unpaired) electrons. The lowest BCUT2D eigenvalue weighted by atomic mass is 10.1. The molecule has 3 N–H and O–H groups in total. The van der Waals surface area contributed by atoms with Crippen LogP contribution in [0.5, 0.6) is 0 Å². The van der Waals surface area contributed by atoms with Crippen LogP contribution < -0.4 is 16.2 Å². The maximum Gasteiger partial charge on any atom is 0.337 e. The standard InChI is InChI=1S/C16H13N5O3S/c22-15(17-12-4-2-1-3-5-12)19-20-16-18-14(10-25-16)11-6-8-13(9-7-11)21(23)24/h1-10H,(H,18,20)(H2,17,19,22). The largest absolute Gasteiger partial charge is 0.337 e. The van der Waals surface area contributed by atoms with Crippen LogP contribution in [0.25, 0.3) is 11.3 Å². The Kier molecular flexibility index (Phi) is 4.86. The summed E-state index contributed by atoms with van der Waals surface area (Å²) < 4.78 is 0. The van der Waals surface area contributed by atoms with Crippen LogP contribution in [-0.4, -0.2) is 15.9 Å². The van der Waals surface area contributed by atoms with Crippen molar-refractivity contribution in [3.05, 3.63) is 70.1 Å². The van der Waals surface area contributed by atoms with Crippen LogP contribution >= 0.6 is 11.3 Å². The number of non-ortho nitro benzene ring substituents is 1. The van der Waals surface area contributed by atoms with E-state index in [0.717, 1.165) is 5.56 Å². The highest BCUT2D eigenvalue weighted by molar-refractivity contribution is 7.14. The van der Waals surface area contributed by atoms with Crippen LogP contribution in [0.1, 0.15) is 0 Å². The van der Waals surface area contributed by atoms with Crippen molar-refractivity contribution in [2.45, 2.75) is 0 Å². The lowest BCUT2D eigenvalue weighted by Gasteiger charge is -2.07. The third kappa shape index (κ3) is 4.30. The average molecular weight is 355 g/mol. The van der Waals surface area contributed by atoms with Gasteiger partial charge in [-0.1, -0.05) is 18.2 Å². The molecule has 2 amide bonds. The second-order valence-electron chi connectivity index (χ2n) is 4.91. The fourth-order valence-corrected chi connectivity index (χ4v) is 2.68. The van der Waals surface area contributed by atoms with E-state index in [1.807, 2.05) is 18.2 Å². The zero-order valence-corrected chi connectivity index (χ0v) is 13.6. The van der Waals surface area contributed by atoms with E-state index < -0.39 is 11.0 Å². The molecule has 3 aromatic rings. The van der Waals surface area contributed by atoms with Crippen molar-refractivity contribution in [2.24, 2.45) is 0 Å². The van der Waals surface area contributed by atoms with Gasteiger partial charge in [0.15, 0.2) is 0 Å². The molecule has 3 rings (SSSR count). The quantitative estimate of drug-likeness (QED) is 0.475. The van der Waals surface area contributed by atoms with Gasteiger partial charge in [0.1, 0.15) is 0 Å². The van der Waals surface area contributed by atoms with E-state index in [4.69, 9.17) is 0 Å². The smallest absolute Gasteiger partial charge is 0.307 e. The number of carbonyl (C=O) groups is 1. The summed E-state index contributed by atoms with van der Waals surface area (Å²) in [7, 11) is 0. The summed E-state index contributed by atoms with van der Waals surface area (Å²) in [6.45, 7) is 0. The number of carbonyl (C=O) groups excluding carboxylic acids is 1. The Morgan fingerprint density at radius 1 is 1.08 bits per heavy atom. The monoisotopic (exact) mass is 355 g/mol. The van der Waals surface area contributed by atoms with Gasteiger partial charge in [-0.3, -0.25) is 15.5 Å². The van der Waals surface area contributed by atoms with Crippen LogP contribution in [0.15, 0.2) is 60.0 Å². The number of hydrazine groups is 1. The molecule has 8 nitrogen and oxygen atoms in total. The Bertz CT molecular complexity index is 880. The number of benzene rings is 2. The average Bonchev–Trinajstić information content (AvgIpc) is 3.10. The molecule has 0 saturated carbocycles. The van der Waals surface area contributed by atoms with Crippen molar-refractivity contribution >= 4 is 33.9 Å². The third-order valence-corrected chi connectivity index (χ3v) is 3.95. The first-order chi connectivity index (χ1) is 12.1. The number of para-hydroxylation sites is 1. The molecule has 0 aliphatic rings. The van der Waals surface area contributed by atoms with E-state index >= 15 is 0 Å². The topological polar surface area (TPSA) is 109 Å². The van der Waals surface area contributed by atoms with Crippen molar-refractivity contribution in [1.82, 2.24) is 10.4 Å². The predicted molar refractivity (Wildman–Crippen MR) is 96.4 cm³/mol. The molecule has 0 fully saturated rings. The highest BCUT2D eigenvalue weighted by Crippen LogP contribution is 2.26. The maximum absolute atomic E-state index is 11.8. The van der Waals surface area contributed by atoms with Crippen LogP contribution in [0.2, 0.25) is 0 Å². The molecule has 0 spiro atoms. The number of aromatic nitrogens is 1. The number of nitrogens with one attached hydrogen (secondary N) is 3. The number of nitro benzene ring substituents is 1. The summed E-state index contributed by atoms with van der Waals surface area (Å²) in [5, 5.41) is 15.6. The maximum atomic E-state index is 11.8. The first kappa shape index (κ1) is 16.4. The minimum Gasteiger partial charge on any atom is -0.307 e. The first-order valence-corrected chi connectivity index (χ1v) is 8.08. The summed E-state index contributed by atoms with van der Waals surface area (Å²) in [5.41, 5.74) is 7.33. The molecule has 1 aromatic heterocycles. The van der Waals surface area contributed by atoms with E-state index in [2.05, 4.69) is 21.2 Å². The molecular weight excluding hydrogens is 342 g/mol. The van der Waals surface area contributed by atoms with Crippen molar-refractivity contribution in [1.29, 1.82) is 0 Å². The Hall–Kier alpha value is -3.46. The molecule has 0 unspecified atom stereocenters. The Labute approximate surface area is 146 Å². The Morgan fingerprint density at radius 3 is 2.48 bits per heavy atom. The van der Waals surface area contributed by atoms with Gasteiger partial charge >= 0.3 is 6.03 Å². The summed E-state index contributed by atoms with van der Waals surface area (Å²) in [6, 6.07) is 14.7. The fourth-order valence-electron chi connectivity index (χ4n) is 2.01. The lowest BCUT2D eigenvalue weighted by molar-refractivity contribution is -0.384. The molecular formula is C16H13N5O3S. The molecule has 126 valence electrons. The lowest BCUT2D eigenvalue weighted by Crippen LogP contribution is -2.33. The highest BCUT2D eigenvalue weighted by atomic mass is 32.1. The van der Waals surface area contributed by atoms with Gasteiger partial charge in [0.2, 0.25) is 5.13 Å². The highest BCUT2D eigenvalue weighted by Gasteiger charge is 2.09. The van der Waals surface area contributed by atoms with Gasteiger partial charge in [0, 0.05) is 28.8 Å². The minimum absolute atomic E-state index is 0.0246. The molecule has 0 aliphatic heterocycles. The summed E-state index contributed by atoms with van der Waals surface area (Å²) in [4.78, 5) is 26.3. The fraction of sp³-hybridized carbons (Fsp3) is 0. The van der Waals surface area contributed by atoms with Gasteiger partial charge in [-0.05, 0) is 24.3 Å². The predicted octanol–water partition coefficient (Wildman–Crippen LogP) is 3.87. The second kappa shape index (κ2) is 7.41. The van der Waals surface area contributed by atoms with Crippen LogP contribution in [0.4, 0.5) is 21.3 Å². The number of hydrogen-bond acceptors (Lipinski definition) is 6. The van der Waals surface area contributed by atoms with Crippen LogP contribution in [0.3, 0.4) is 0 Å². The van der Waals surface area contributed by atoms with Crippen molar-refractivity contribution in [2.75, 3.05) is 10.7 Å². The molecule has 25 heavy (non-hydrogen) atoms. The number of urea groups is 1. The summed E-state index contributed by atoms with van der Waals surface area (Å²) in [6.07, 6.45) is 0. The van der Waals surface area contributed by atoms with E-state index in [1.165, 1.54) is 23.5 Å². The molecule has 9 heteroatoms. The van der Waals surface area contributed by atoms with Gasteiger partial charge in [-0.15, -0.1) is 11.3 Å². The number of amides is 2. The van der Waals surface area contributed by atoms with Crippen molar-refractivity contribution in [3.63, 3.8) is 0 Å². The van der Waals surface area contributed by atoms with Gasteiger partial charge in [0.05, 0.1) is 10.6 Å². The Balaban J connectivity index is 1.58. The molecule has 2 aromatic carbocycles. The van der Waals surface area contributed by atoms with Gasteiger partial charge in [-0.25, -0.2) is 15.2 Å². The van der Waals surface area contributed by atoms with E-state index in [9.17, 15) is 14.9 Å². The SMILES string of the molecule is O=C(NNc1nc(-c2ccc([N+](=O)[O-])cc2)cs1)Nc1ccccc1.